The first-order valence-corrected chi connectivity index (χ1v) is 8.49. The first kappa shape index (κ1) is 17.0. The maximum Gasteiger partial charge on any atom is 0.0806 e. The Balaban J connectivity index is 2.43. The van der Waals surface area contributed by atoms with E-state index in [0.29, 0.717) is 6.04 Å². The third-order valence-electron chi connectivity index (χ3n) is 4.58. The summed E-state index contributed by atoms with van der Waals surface area (Å²) in [5.41, 5.74) is 0.129. The average molecular weight is 269 g/mol. The summed E-state index contributed by atoms with van der Waals surface area (Å²) >= 11 is 0. The molecule has 0 aromatic rings. The Hall–Kier alpha value is -0.0800. The smallest absolute Gasteiger partial charge is 0.0806 e. The Kier molecular flexibility index (Phi) is 8.01. The molecule has 0 amide bonds. The van der Waals surface area contributed by atoms with Crippen LogP contribution in [0.25, 0.3) is 0 Å². The molecule has 1 fully saturated rings. The zero-order chi connectivity index (χ0) is 14.1. The zero-order valence-corrected chi connectivity index (χ0v) is 13.6. The van der Waals surface area contributed by atoms with E-state index in [-0.39, 0.29) is 5.60 Å². The Morgan fingerprint density at radius 3 is 2.37 bits per heavy atom. The van der Waals surface area contributed by atoms with Gasteiger partial charge < -0.3 is 10.1 Å². The van der Waals surface area contributed by atoms with Crippen LogP contribution < -0.4 is 5.32 Å². The van der Waals surface area contributed by atoms with Crippen molar-refractivity contribution >= 4 is 0 Å². The minimum atomic E-state index is 0.129. The van der Waals surface area contributed by atoms with Gasteiger partial charge in [-0.15, -0.1) is 0 Å². The zero-order valence-electron chi connectivity index (χ0n) is 13.6. The molecule has 1 rings (SSSR count). The van der Waals surface area contributed by atoms with Gasteiger partial charge in [0.2, 0.25) is 0 Å². The van der Waals surface area contributed by atoms with E-state index in [4.69, 9.17) is 4.74 Å². The highest BCUT2D eigenvalue weighted by Crippen LogP contribution is 2.36. The Morgan fingerprint density at radius 1 is 1.16 bits per heavy atom. The summed E-state index contributed by atoms with van der Waals surface area (Å²) in [6.07, 6.45) is 10.3. The molecule has 1 aliphatic rings. The van der Waals surface area contributed by atoms with Gasteiger partial charge in [0.25, 0.3) is 0 Å². The van der Waals surface area contributed by atoms with Crippen molar-refractivity contribution in [2.24, 2.45) is 5.92 Å². The summed E-state index contributed by atoms with van der Waals surface area (Å²) in [5.74, 6) is 0.936. The minimum Gasteiger partial charge on any atom is -0.374 e. The lowest BCUT2D eigenvalue weighted by Gasteiger charge is -2.40. The molecule has 0 aromatic heterocycles. The Morgan fingerprint density at radius 2 is 1.84 bits per heavy atom. The van der Waals surface area contributed by atoms with Crippen LogP contribution in [0, 0.1) is 5.92 Å². The summed E-state index contributed by atoms with van der Waals surface area (Å²) in [7, 11) is 0. The largest absolute Gasteiger partial charge is 0.374 e. The maximum atomic E-state index is 6.35. The average Bonchev–Trinajstić information content (AvgIpc) is 2.42. The Bertz CT molecular complexity index is 219. The van der Waals surface area contributed by atoms with E-state index >= 15 is 0 Å². The van der Waals surface area contributed by atoms with Crippen LogP contribution in [0.3, 0.4) is 0 Å². The van der Waals surface area contributed by atoms with Crippen LogP contribution in [-0.2, 0) is 4.74 Å². The van der Waals surface area contributed by atoms with Crippen molar-refractivity contribution in [1.29, 1.82) is 0 Å². The Labute approximate surface area is 120 Å². The van der Waals surface area contributed by atoms with E-state index in [1.807, 2.05) is 0 Å². The van der Waals surface area contributed by atoms with Gasteiger partial charge in [0.15, 0.2) is 0 Å². The van der Waals surface area contributed by atoms with Gasteiger partial charge in [-0.3, -0.25) is 0 Å². The molecule has 0 radical (unpaired) electrons. The topological polar surface area (TPSA) is 21.3 Å². The molecule has 0 bridgehead atoms. The van der Waals surface area contributed by atoms with Gasteiger partial charge in [-0.1, -0.05) is 47.0 Å². The van der Waals surface area contributed by atoms with Crippen LogP contribution in [0.5, 0.6) is 0 Å². The predicted molar refractivity (Wildman–Crippen MR) is 83.6 cm³/mol. The fraction of sp³-hybridized carbons (Fsp3) is 1.00. The molecule has 1 N–H and O–H groups in total. The molecule has 0 heterocycles. The van der Waals surface area contributed by atoms with Gasteiger partial charge in [-0.25, -0.2) is 0 Å². The molecule has 1 aliphatic carbocycles. The molecular formula is C17H35NO. The van der Waals surface area contributed by atoms with Crippen molar-refractivity contribution in [1.82, 2.24) is 5.32 Å². The molecule has 19 heavy (non-hydrogen) atoms. The van der Waals surface area contributed by atoms with E-state index < -0.39 is 0 Å². The number of rotatable bonds is 9. The molecule has 0 saturated heterocycles. The van der Waals surface area contributed by atoms with Crippen molar-refractivity contribution in [3.8, 4) is 0 Å². The highest BCUT2D eigenvalue weighted by Gasteiger charge is 2.35. The van der Waals surface area contributed by atoms with Gasteiger partial charge in [-0.2, -0.15) is 0 Å². The van der Waals surface area contributed by atoms with Gasteiger partial charge in [0.1, 0.15) is 0 Å². The quantitative estimate of drug-likeness (QED) is 0.621. The monoisotopic (exact) mass is 269 g/mol. The molecule has 2 nitrogen and oxygen atoms in total. The summed E-state index contributed by atoms with van der Waals surface area (Å²) in [4.78, 5) is 0. The van der Waals surface area contributed by atoms with Gasteiger partial charge in [0.05, 0.1) is 5.60 Å². The van der Waals surface area contributed by atoms with Crippen LogP contribution >= 0.6 is 0 Å². The van der Waals surface area contributed by atoms with E-state index in [2.05, 4.69) is 33.0 Å². The van der Waals surface area contributed by atoms with Crippen molar-refractivity contribution in [3.05, 3.63) is 0 Å². The van der Waals surface area contributed by atoms with Crippen LogP contribution in [0.1, 0.15) is 79.1 Å². The van der Waals surface area contributed by atoms with E-state index in [1.54, 1.807) is 0 Å². The second-order valence-electron chi connectivity index (χ2n) is 6.63. The summed E-state index contributed by atoms with van der Waals surface area (Å²) in [5, 5.41) is 3.60. The summed E-state index contributed by atoms with van der Waals surface area (Å²) in [6, 6.07) is 0.556. The number of unbranched alkanes of at least 4 members (excludes halogenated alkanes) is 2. The first-order chi connectivity index (χ1) is 9.12. The molecule has 114 valence electrons. The molecule has 0 spiro atoms. The molecule has 1 saturated carbocycles. The number of nitrogens with one attached hydrogen (secondary N) is 1. The number of hydrogen-bond donors (Lipinski definition) is 1. The first-order valence-electron chi connectivity index (χ1n) is 8.49. The van der Waals surface area contributed by atoms with Crippen LogP contribution in [0.4, 0.5) is 0 Å². The van der Waals surface area contributed by atoms with E-state index in [9.17, 15) is 0 Å². The van der Waals surface area contributed by atoms with Gasteiger partial charge >= 0.3 is 0 Å². The van der Waals surface area contributed by atoms with Crippen LogP contribution in [-0.4, -0.2) is 24.8 Å². The third-order valence-corrected chi connectivity index (χ3v) is 4.58. The van der Waals surface area contributed by atoms with Crippen LogP contribution in [0.15, 0.2) is 0 Å². The fourth-order valence-electron chi connectivity index (χ4n) is 3.01. The van der Waals surface area contributed by atoms with E-state index in [1.165, 1.54) is 51.4 Å². The van der Waals surface area contributed by atoms with Gasteiger partial charge in [-0.05, 0) is 38.0 Å². The summed E-state index contributed by atoms with van der Waals surface area (Å²) < 4.78 is 6.35. The predicted octanol–water partition coefficient (Wildman–Crippen LogP) is 4.53. The van der Waals surface area contributed by atoms with E-state index in [0.717, 1.165) is 19.1 Å². The summed E-state index contributed by atoms with van der Waals surface area (Å²) in [6.45, 7) is 11.0. The fourth-order valence-corrected chi connectivity index (χ4v) is 3.01. The van der Waals surface area contributed by atoms with Crippen molar-refractivity contribution in [3.63, 3.8) is 0 Å². The molecule has 2 heteroatoms. The van der Waals surface area contributed by atoms with Crippen molar-refractivity contribution in [2.75, 3.05) is 13.2 Å². The van der Waals surface area contributed by atoms with Gasteiger partial charge in [0, 0.05) is 19.2 Å². The number of ether oxygens (including phenoxy) is 1. The lowest BCUT2D eigenvalue weighted by molar-refractivity contribution is -0.0785. The lowest BCUT2D eigenvalue weighted by atomic mass is 9.77. The van der Waals surface area contributed by atoms with Crippen molar-refractivity contribution < 1.29 is 4.74 Å². The number of hydrogen-bond acceptors (Lipinski definition) is 2. The third kappa shape index (κ3) is 6.27. The molecular weight excluding hydrogens is 234 g/mol. The molecule has 0 aliphatic heterocycles. The standard InChI is InChI=1S/C17H35NO/c1-5-7-8-13-19-17(14-18-15(3)4)11-9-16(6-2)10-12-17/h15-16,18H,5-14H2,1-4H3. The highest BCUT2D eigenvalue weighted by molar-refractivity contribution is 4.89. The van der Waals surface area contributed by atoms with Crippen LogP contribution in [0.2, 0.25) is 0 Å². The maximum absolute atomic E-state index is 6.35. The SMILES string of the molecule is CCCCCOC1(CNC(C)C)CCC(CC)CC1. The second-order valence-corrected chi connectivity index (χ2v) is 6.63. The lowest BCUT2D eigenvalue weighted by Crippen LogP contribution is -2.47. The molecule has 0 atom stereocenters. The molecule has 0 unspecified atom stereocenters. The van der Waals surface area contributed by atoms with Crippen molar-refractivity contribution in [2.45, 2.75) is 90.7 Å². The normalized spacial score (nSPS) is 27.9. The highest BCUT2D eigenvalue weighted by atomic mass is 16.5. The second kappa shape index (κ2) is 8.97. The minimum absolute atomic E-state index is 0.129. The molecule has 0 aromatic carbocycles.